The first-order valence-electron chi connectivity index (χ1n) is 5.54. The van der Waals surface area contributed by atoms with E-state index in [0.717, 1.165) is 19.6 Å². The quantitative estimate of drug-likeness (QED) is 0.725. The molecule has 0 saturated carbocycles. The summed E-state index contributed by atoms with van der Waals surface area (Å²) in [5, 5.41) is 0. The Hall–Kier alpha value is -1.44. The fraction of sp³-hybridized carbons (Fsp3) is 0.385. The molecule has 1 aliphatic rings. The molecule has 1 aliphatic heterocycles. The fourth-order valence-electron chi connectivity index (χ4n) is 1.96. The van der Waals surface area contributed by atoms with Gasteiger partial charge in [-0.05, 0) is 18.6 Å². The molecule has 0 aliphatic carbocycles. The molecular weight excluding hydrogens is 184 g/mol. The van der Waals surface area contributed by atoms with E-state index in [-0.39, 0.29) is 0 Å². The van der Waals surface area contributed by atoms with Gasteiger partial charge in [-0.15, -0.1) is 0 Å². The van der Waals surface area contributed by atoms with Gasteiger partial charge in [0.1, 0.15) is 5.82 Å². The monoisotopic (exact) mass is 202 g/mol. The molecule has 80 valence electrons. The van der Waals surface area contributed by atoms with Crippen LogP contribution in [0.15, 0.2) is 36.2 Å². The van der Waals surface area contributed by atoms with Crippen LogP contribution in [0.4, 0.5) is 0 Å². The molecule has 1 saturated heterocycles. The SMILES string of the molecule is CCN1CCN(C)/C1=C/c1ccccc1. The maximum Gasteiger partial charge on any atom is 0.104 e. The van der Waals surface area contributed by atoms with Crippen LogP contribution >= 0.6 is 0 Å². The first kappa shape index (κ1) is 10.1. The van der Waals surface area contributed by atoms with Gasteiger partial charge < -0.3 is 9.80 Å². The molecule has 2 heteroatoms. The number of hydrogen-bond acceptors (Lipinski definition) is 2. The van der Waals surface area contributed by atoms with Gasteiger partial charge in [0, 0.05) is 26.7 Å². The van der Waals surface area contributed by atoms with Crippen molar-refractivity contribution in [1.29, 1.82) is 0 Å². The van der Waals surface area contributed by atoms with Gasteiger partial charge in [0.15, 0.2) is 0 Å². The van der Waals surface area contributed by atoms with Gasteiger partial charge >= 0.3 is 0 Å². The molecule has 0 N–H and O–H groups in total. The Balaban J connectivity index is 2.24. The Morgan fingerprint density at radius 1 is 1.20 bits per heavy atom. The molecule has 0 spiro atoms. The van der Waals surface area contributed by atoms with Gasteiger partial charge in [0.25, 0.3) is 0 Å². The highest BCUT2D eigenvalue weighted by Crippen LogP contribution is 2.18. The maximum atomic E-state index is 2.41. The summed E-state index contributed by atoms with van der Waals surface area (Å²) in [5.41, 5.74) is 1.28. The van der Waals surface area contributed by atoms with Crippen LogP contribution in [-0.2, 0) is 0 Å². The van der Waals surface area contributed by atoms with Crippen LogP contribution in [0.2, 0.25) is 0 Å². The molecule has 0 amide bonds. The second-order valence-electron chi connectivity index (χ2n) is 3.91. The van der Waals surface area contributed by atoms with Crippen molar-refractivity contribution in [3.63, 3.8) is 0 Å². The molecule has 2 rings (SSSR count). The first-order chi connectivity index (χ1) is 7.31. The van der Waals surface area contributed by atoms with E-state index in [2.05, 4.69) is 60.2 Å². The van der Waals surface area contributed by atoms with Gasteiger partial charge in [0.05, 0.1) is 0 Å². The van der Waals surface area contributed by atoms with E-state index in [4.69, 9.17) is 0 Å². The van der Waals surface area contributed by atoms with Crippen LogP contribution < -0.4 is 0 Å². The lowest BCUT2D eigenvalue weighted by Crippen LogP contribution is -2.20. The predicted octanol–water partition coefficient (Wildman–Crippen LogP) is 2.25. The second-order valence-corrected chi connectivity index (χ2v) is 3.91. The number of benzene rings is 1. The van der Waals surface area contributed by atoms with Crippen molar-refractivity contribution in [3.05, 3.63) is 41.7 Å². The molecule has 15 heavy (non-hydrogen) atoms. The molecule has 2 nitrogen and oxygen atoms in total. The highest BCUT2D eigenvalue weighted by Gasteiger charge is 2.19. The molecule has 0 bridgehead atoms. The van der Waals surface area contributed by atoms with Crippen molar-refractivity contribution >= 4 is 6.08 Å². The maximum absolute atomic E-state index is 2.41. The molecule has 1 heterocycles. The van der Waals surface area contributed by atoms with Crippen LogP contribution in [0.25, 0.3) is 6.08 Å². The second kappa shape index (κ2) is 4.39. The topological polar surface area (TPSA) is 6.48 Å². The van der Waals surface area contributed by atoms with E-state index in [1.54, 1.807) is 0 Å². The molecule has 0 aromatic heterocycles. The zero-order chi connectivity index (χ0) is 10.7. The van der Waals surface area contributed by atoms with Crippen molar-refractivity contribution in [1.82, 2.24) is 9.80 Å². The summed E-state index contributed by atoms with van der Waals surface area (Å²) in [7, 11) is 2.16. The molecular formula is C13H18N2. The number of rotatable bonds is 2. The van der Waals surface area contributed by atoms with Gasteiger partial charge in [-0.2, -0.15) is 0 Å². The molecule has 0 unspecified atom stereocenters. The van der Waals surface area contributed by atoms with E-state index in [0.29, 0.717) is 0 Å². The zero-order valence-electron chi connectivity index (χ0n) is 9.48. The largest absolute Gasteiger partial charge is 0.360 e. The predicted molar refractivity (Wildman–Crippen MR) is 64.3 cm³/mol. The average molecular weight is 202 g/mol. The molecule has 0 radical (unpaired) electrons. The van der Waals surface area contributed by atoms with Crippen LogP contribution in [0.3, 0.4) is 0 Å². The zero-order valence-corrected chi connectivity index (χ0v) is 9.48. The van der Waals surface area contributed by atoms with Gasteiger partial charge in [-0.3, -0.25) is 0 Å². The van der Waals surface area contributed by atoms with E-state index < -0.39 is 0 Å². The summed E-state index contributed by atoms with van der Waals surface area (Å²) in [6, 6.07) is 10.5. The molecule has 1 fully saturated rings. The number of likely N-dealkylation sites (N-methyl/N-ethyl adjacent to an activating group) is 2. The third-order valence-electron chi connectivity index (χ3n) is 2.90. The number of hydrogen-bond donors (Lipinski definition) is 0. The van der Waals surface area contributed by atoms with E-state index >= 15 is 0 Å². The van der Waals surface area contributed by atoms with Crippen molar-refractivity contribution in [2.24, 2.45) is 0 Å². The molecule has 0 atom stereocenters. The van der Waals surface area contributed by atoms with Crippen LogP contribution in [0, 0.1) is 0 Å². The van der Waals surface area contributed by atoms with Crippen molar-refractivity contribution in [2.75, 3.05) is 26.7 Å². The Bertz CT molecular complexity index is 343. The lowest BCUT2D eigenvalue weighted by Gasteiger charge is -2.20. The summed E-state index contributed by atoms with van der Waals surface area (Å²) in [4.78, 5) is 4.73. The molecule has 1 aromatic carbocycles. The van der Waals surface area contributed by atoms with Crippen molar-refractivity contribution in [3.8, 4) is 0 Å². The third kappa shape index (κ3) is 2.14. The Morgan fingerprint density at radius 2 is 1.93 bits per heavy atom. The van der Waals surface area contributed by atoms with Crippen LogP contribution in [0.1, 0.15) is 12.5 Å². The van der Waals surface area contributed by atoms with Crippen molar-refractivity contribution < 1.29 is 0 Å². The summed E-state index contributed by atoms with van der Waals surface area (Å²) in [5.74, 6) is 1.34. The van der Waals surface area contributed by atoms with Crippen LogP contribution in [-0.4, -0.2) is 36.5 Å². The lowest BCUT2D eigenvalue weighted by atomic mass is 10.2. The van der Waals surface area contributed by atoms with E-state index in [9.17, 15) is 0 Å². The fourth-order valence-corrected chi connectivity index (χ4v) is 1.96. The van der Waals surface area contributed by atoms with Crippen molar-refractivity contribution in [2.45, 2.75) is 6.92 Å². The summed E-state index contributed by atoms with van der Waals surface area (Å²) in [6.45, 7) is 5.57. The summed E-state index contributed by atoms with van der Waals surface area (Å²) < 4.78 is 0. The highest BCUT2D eigenvalue weighted by atomic mass is 15.4. The summed E-state index contributed by atoms with van der Waals surface area (Å²) >= 11 is 0. The Morgan fingerprint density at radius 3 is 2.60 bits per heavy atom. The minimum absolute atomic E-state index is 1.09. The Kier molecular flexibility index (Phi) is 2.95. The highest BCUT2D eigenvalue weighted by molar-refractivity contribution is 5.52. The number of nitrogens with zero attached hydrogens (tertiary/aromatic N) is 2. The average Bonchev–Trinajstić information content (AvgIpc) is 2.62. The molecule has 1 aromatic rings. The van der Waals surface area contributed by atoms with E-state index in [1.807, 2.05) is 0 Å². The lowest BCUT2D eigenvalue weighted by molar-refractivity contribution is 0.387. The van der Waals surface area contributed by atoms with E-state index in [1.165, 1.54) is 11.4 Å². The Labute approximate surface area is 91.8 Å². The van der Waals surface area contributed by atoms with Crippen LogP contribution in [0.5, 0.6) is 0 Å². The summed E-state index contributed by atoms with van der Waals surface area (Å²) in [6.07, 6.45) is 2.26. The minimum Gasteiger partial charge on any atom is -0.360 e. The van der Waals surface area contributed by atoms with Gasteiger partial charge in [0.2, 0.25) is 0 Å². The smallest absolute Gasteiger partial charge is 0.104 e. The normalized spacial score (nSPS) is 18.9. The third-order valence-corrected chi connectivity index (χ3v) is 2.90. The standard InChI is InChI=1S/C13H18N2/c1-3-15-10-9-14(2)13(15)11-12-7-5-4-6-8-12/h4-8,11H,3,9-10H2,1-2H3/b13-11-. The van der Waals surface area contributed by atoms with Gasteiger partial charge in [-0.25, -0.2) is 0 Å². The first-order valence-corrected chi connectivity index (χ1v) is 5.54. The van der Waals surface area contributed by atoms with Gasteiger partial charge in [-0.1, -0.05) is 30.3 Å². The minimum atomic E-state index is 1.09.